The molecule has 3 aromatic rings. The Kier molecular flexibility index (Phi) is 5.91. The van der Waals surface area contributed by atoms with Crippen molar-refractivity contribution in [3.05, 3.63) is 103 Å². The van der Waals surface area contributed by atoms with E-state index in [0.717, 1.165) is 15.9 Å². The molecule has 0 fully saturated rings. The van der Waals surface area contributed by atoms with Crippen molar-refractivity contribution in [3.63, 3.8) is 0 Å². The summed E-state index contributed by atoms with van der Waals surface area (Å²) in [6.07, 6.45) is 1.09. The molecular formula is C22H19F2Si. The molecule has 3 aromatic carbocycles. The second kappa shape index (κ2) is 8.54. The van der Waals surface area contributed by atoms with Crippen LogP contribution in [0, 0.1) is 0 Å². The normalized spacial score (nSPS) is 12.8. The Morgan fingerprint density at radius 1 is 0.640 bits per heavy atom. The molecule has 0 spiro atoms. The van der Waals surface area contributed by atoms with Crippen molar-refractivity contribution in [2.45, 2.75) is 12.0 Å². The third-order valence-corrected chi connectivity index (χ3v) is 7.09. The first kappa shape index (κ1) is 17.3. The predicted octanol–water partition coefficient (Wildman–Crippen LogP) is 4.64. The fourth-order valence-corrected chi connectivity index (χ4v) is 5.62. The van der Waals surface area contributed by atoms with Crippen LogP contribution in [0.5, 0.6) is 0 Å². The van der Waals surface area contributed by atoms with Gasteiger partial charge in [-0.2, -0.15) is 0 Å². The number of benzene rings is 3. The van der Waals surface area contributed by atoms with Crippen molar-refractivity contribution in [3.8, 4) is 0 Å². The monoisotopic (exact) mass is 349 g/mol. The minimum absolute atomic E-state index is 0.796. The molecule has 0 aliphatic carbocycles. The smallest absolute Gasteiger partial charge is 0.210 e. The largest absolute Gasteiger partial charge is 0.242 e. The Labute approximate surface area is 149 Å². The van der Waals surface area contributed by atoms with Crippen LogP contribution in [0.4, 0.5) is 8.78 Å². The fraction of sp³-hybridized carbons (Fsp3) is 0.0909. The standard InChI is InChI=1S/C22H19F2Si/c23-22(24)21(17-16-18-10-4-1-5-11-18)25(19-12-6-2-7-13-19)20-14-8-3-9-15-20/h1-17,21-22H/b17-16+/t21-/m0/s1. The number of hydrogen-bond donors (Lipinski definition) is 0. The van der Waals surface area contributed by atoms with Gasteiger partial charge in [0.1, 0.15) is 8.80 Å². The van der Waals surface area contributed by atoms with Crippen LogP contribution in [0.1, 0.15) is 5.56 Å². The van der Waals surface area contributed by atoms with Crippen LogP contribution in [0.25, 0.3) is 6.08 Å². The minimum atomic E-state index is -2.41. The van der Waals surface area contributed by atoms with Crippen LogP contribution in [0.2, 0.25) is 5.54 Å². The summed E-state index contributed by atoms with van der Waals surface area (Å²) in [5.74, 6) is 0. The van der Waals surface area contributed by atoms with Gasteiger partial charge >= 0.3 is 0 Å². The zero-order valence-electron chi connectivity index (χ0n) is 13.7. The summed E-state index contributed by atoms with van der Waals surface area (Å²) in [5.41, 5.74) is 0.144. The summed E-state index contributed by atoms with van der Waals surface area (Å²) >= 11 is 0. The highest BCUT2D eigenvalue weighted by Crippen LogP contribution is 2.23. The average Bonchev–Trinajstić information content (AvgIpc) is 2.67. The van der Waals surface area contributed by atoms with Gasteiger partial charge < -0.3 is 0 Å². The molecule has 0 amide bonds. The van der Waals surface area contributed by atoms with Gasteiger partial charge in [0.15, 0.2) is 0 Å². The molecular weight excluding hydrogens is 330 g/mol. The van der Waals surface area contributed by atoms with E-state index in [1.807, 2.05) is 97.1 Å². The Hall–Kier alpha value is -2.52. The highest BCUT2D eigenvalue weighted by molar-refractivity contribution is 6.86. The van der Waals surface area contributed by atoms with E-state index in [9.17, 15) is 8.78 Å². The first-order valence-corrected chi connectivity index (χ1v) is 9.82. The highest BCUT2D eigenvalue weighted by atomic mass is 28.3. The molecule has 0 saturated carbocycles. The second-order valence-corrected chi connectivity index (χ2v) is 8.42. The summed E-state index contributed by atoms with van der Waals surface area (Å²) in [5, 5.41) is 2.00. The van der Waals surface area contributed by atoms with Crippen LogP contribution < -0.4 is 10.4 Å². The third kappa shape index (κ3) is 4.52. The molecule has 1 atom stereocenters. The van der Waals surface area contributed by atoms with Gasteiger partial charge in [0.2, 0.25) is 6.43 Å². The molecule has 0 nitrogen and oxygen atoms in total. The van der Waals surface area contributed by atoms with Crippen molar-refractivity contribution >= 4 is 25.2 Å². The molecule has 0 bridgehead atoms. The number of rotatable bonds is 6. The van der Waals surface area contributed by atoms with E-state index in [4.69, 9.17) is 0 Å². The highest BCUT2D eigenvalue weighted by Gasteiger charge is 2.32. The number of hydrogen-bond acceptors (Lipinski definition) is 0. The first-order valence-electron chi connectivity index (χ1n) is 8.25. The zero-order valence-corrected chi connectivity index (χ0v) is 14.7. The van der Waals surface area contributed by atoms with Gasteiger partial charge in [0, 0.05) is 5.54 Å². The zero-order chi connectivity index (χ0) is 17.5. The maximum Gasteiger partial charge on any atom is 0.242 e. The van der Waals surface area contributed by atoms with Gasteiger partial charge in [-0.1, -0.05) is 114 Å². The van der Waals surface area contributed by atoms with Crippen LogP contribution >= 0.6 is 0 Å². The van der Waals surface area contributed by atoms with Gasteiger partial charge in [-0.05, 0) is 5.56 Å². The topological polar surface area (TPSA) is 0 Å². The molecule has 0 aliphatic heterocycles. The van der Waals surface area contributed by atoms with Crippen molar-refractivity contribution in [1.82, 2.24) is 0 Å². The fourth-order valence-electron chi connectivity index (χ4n) is 2.87. The lowest BCUT2D eigenvalue weighted by molar-refractivity contribution is 0.152. The van der Waals surface area contributed by atoms with Gasteiger partial charge in [-0.15, -0.1) is 0 Å². The minimum Gasteiger partial charge on any atom is -0.210 e. The third-order valence-electron chi connectivity index (χ3n) is 4.07. The van der Waals surface area contributed by atoms with Crippen LogP contribution in [-0.4, -0.2) is 15.2 Å². The lowest BCUT2D eigenvalue weighted by atomic mass is 10.2. The van der Waals surface area contributed by atoms with Crippen molar-refractivity contribution in [2.24, 2.45) is 0 Å². The number of allylic oxidation sites excluding steroid dienone is 1. The maximum atomic E-state index is 14.0. The molecule has 3 rings (SSSR count). The summed E-state index contributed by atoms with van der Waals surface area (Å²) in [4.78, 5) is 0. The van der Waals surface area contributed by atoms with E-state index in [1.165, 1.54) is 0 Å². The van der Waals surface area contributed by atoms with E-state index >= 15 is 0 Å². The maximum absolute atomic E-state index is 14.0. The summed E-state index contributed by atoms with van der Waals surface area (Å²) in [6.45, 7) is 0. The van der Waals surface area contributed by atoms with E-state index in [2.05, 4.69) is 0 Å². The van der Waals surface area contributed by atoms with E-state index in [0.29, 0.717) is 0 Å². The molecule has 125 valence electrons. The molecule has 0 aromatic heterocycles. The molecule has 0 N–H and O–H groups in total. The molecule has 0 saturated heterocycles. The lowest BCUT2D eigenvalue weighted by Gasteiger charge is -2.23. The summed E-state index contributed by atoms with van der Waals surface area (Å²) in [6, 6.07) is 29.0. The molecule has 0 heterocycles. The Morgan fingerprint density at radius 2 is 1.08 bits per heavy atom. The van der Waals surface area contributed by atoms with Crippen LogP contribution in [0.3, 0.4) is 0 Å². The molecule has 3 heteroatoms. The van der Waals surface area contributed by atoms with Gasteiger partial charge in [-0.25, -0.2) is 8.78 Å². The molecule has 0 aliphatic rings. The van der Waals surface area contributed by atoms with Crippen LogP contribution in [-0.2, 0) is 0 Å². The van der Waals surface area contributed by atoms with Gasteiger partial charge in [-0.3, -0.25) is 0 Å². The van der Waals surface area contributed by atoms with Crippen LogP contribution in [0.15, 0.2) is 97.1 Å². The van der Waals surface area contributed by atoms with Gasteiger partial charge in [0.25, 0.3) is 0 Å². The molecule has 1 radical (unpaired) electrons. The van der Waals surface area contributed by atoms with E-state index < -0.39 is 20.8 Å². The average molecular weight is 349 g/mol. The summed E-state index contributed by atoms with van der Waals surface area (Å²) in [7, 11) is -1.64. The van der Waals surface area contributed by atoms with E-state index in [-0.39, 0.29) is 0 Å². The van der Waals surface area contributed by atoms with Crippen molar-refractivity contribution in [2.75, 3.05) is 0 Å². The Balaban J connectivity index is 2.01. The first-order chi connectivity index (χ1) is 12.3. The Bertz CT molecular complexity index is 747. The number of alkyl halides is 2. The van der Waals surface area contributed by atoms with E-state index in [1.54, 1.807) is 6.08 Å². The second-order valence-electron chi connectivity index (χ2n) is 5.78. The molecule has 25 heavy (non-hydrogen) atoms. The van der Waals surface area contributed by atoms with Crippen molar-refractivity contribution < 1.29 is 8.78 Å². The van der Waals surface area contributed by atoms with Gasteiger partial charge in [0.05, 0.1) is 0 Å². The molecule has 0 unspecified atom stereocenters. The predicted molar refractivity (Wildman–Crippen MR) is 103 cm³/mol. The van der Waals surface area contributed by atoms with Crippen molar-refractivity contribution in [1.29, 1.82) is 0 Å². The Morgan fingerprint density at radius 3 is 1.52 bits per heavy atom. The quantitative estimate of drug-likeness (QED) is 0.569. The number of halogens is 2. The SMILES string of the molecule is FC(F)[C@H](/C=C/c1ccccc1)[Si](c1ccccc1)c1ccccc1. The lowest BCUT2D eigenvalue weighted by Crippen LogP contribution is -2.47. The summed E-state index contributed by atoms with van der Waals surface area (Å²) < 4.78 is 28.0.